The summed E-state index contributed by atoms with van der Waals surface area (Å²) in [6.07, 6.45) is 1.40. The first-order valence-electron chi connectivity index (χ1n) is 7.61. The third-order valence-corrected chi connectivity index (χ3v) is 3.75. The number of benzene rings is 1. The number of nitrogens with one attached hydrogen (secondary N) is 2. The Labute approximate surface area is 135 Å². The lowest BCUT2D eigenvalue weighted by atomic mass is 9.96. The lowest BCUT2D eigenvalue weighted by Gasteiger charge is -2.23. The highest BCUT2D eigenvalue weighted by molar-refractivity contribution is 6.02. The second-order valence-electron chi connectivity index (χ2n) is 5.96. The van der Waals surface area contributed by atoms with Crippen molar-refractivity contribution in [1.29, 1.82) is 0 Å². The van der Waals surface area contributed by atoms with Gasteiger partial charge >= 0.3 is 6.03 Å². The van der Waals surface area contributed by atoms with Crippen LogP contribution in [0.5, 0.6) is 0 Å². The fourth-order valence-corrected chi connectivity index (χ4v) is 2.45. The number of nitrogens with zero attached hydrogens (tertiary/aromatic N) is 1. The van der Waals surface area contributed by atoms with Gasteiger partial charge < -0.3 is 16.4 Å². The number of rotatable bonds is 6. The molecule has 1 aromatic carbocycles. The predicted molar refractivity (Wildman–Crippen MR) is 86.5 cm³/mol. The first kappa shape index (κ1) is 17.0. The maximum absolute atomic E-state index is 12.2. The molecule has 2 rings (SSSR count). The van der Waals surface area contributed by atoms with Gasteiger partial charge in [-0.3, -0.25) is 14.5 Å². The van der Waals surface area contributed by atoms with Crippen molar-refractivity contribution in [3.63, 3.8) is 0 Å². The highest BCUT2D eigenvalue weighted by Gasteiger charge is 2.29. The first-order chi connectivity index (χ1) is 10.8. The normalized spacial score (nSPS) is 16.9. The van der Waals surface area contributed by atoms with E-state index in [2.05, 4.69) is 10.6 Å². The Morgan fingerprint density at radius 2 is 2.17 bits per heavy atom. The standard InChI is InChI=1S/C16H22N4O3/c1-3-7-16(2,17)14(22)19-12-6-4-5-11(8-12)10-20-13(21)9-18-15(20)23/h4-6,8H,3,7,9-10,17H2,1-2H3,(H,18,23)(H,19,22). The number of hydrogen-bond acceptors (Lipinski definition) is 4. The van der Waals surface area contributed by atoms with Crippen molar-refractivity contribution in [3.8, 4) is 0 Å². The number of anilines is 1. The van der Waals surface area contributed by atoms with Crippen molar-refractivity contribution in [3.05, 3.63) is 29.8 Å². The number of carbonyl (C=O) groups excluding carboxylic acids is 3. The van der Waals surface area contributed by atoms with Crippen LogP contribution in [-0.4, -0.2) is 34.8 Å². The van der Waals surface area contributed by atoms with Crippen LogP contribution in [0, 0.1) is 0 Å². The zero-order valence-electron chi connectivity index (χ0n) is 13.4. The zero-order valence-corrected chi connectivity index (χ0v) is 13.4. The molecular weight excluding hydrogens is 296 g/mol. The van der Waals surface area contributed by atoms with Gasteiger partial charge in [0.05, 0.1) is 18.6 Å². The minimum Gasteiger partial charge on any atom is -0.329 e. The molecule has 7 heteroatoms. The summed E-state index contributed by atoms with van der Waals surface area (Å²) < 4.78 is 0. The van der Waals surface area contributed by atoms with E-state index in [0.29, 0.717) is 12.1 Å². The maximum atomic E-state index is 12.2. The highest BCUT2D eigenvalue weighted by Crippen LogP contribution is 2.17. The summed E-state index contributed by atoms with van der Waals surface area (Å²) in [4.78, 5) is 36.5. The lowest BCUT2D eigenvalue weighted by molar-refractivity contribution is -0.125. The first-order valence-corrected chi connectivity index (χ1v) is 7.61. The molecule has 4 N–H and O–H groups in total. The molecule has 1 aromatic rings. The predicted octanol–water partition coefficient (Wildman–Crippen LogP) is 1.19. The van der Waals surface area contributed by atoms with E-state index < -0.39 is 11.6 Å². The van der Waals surface area contributed by atoms with Gasteiger partial charge in [0, 0.05) is 5.69 Å². The summed E-state index contributed by atoms with van der Waals surface area (Å²) in [5, 5.41) is 5.26. The molecule has 1 atom stereocenters. The SMILES string of the molecule is CCCC(C)(N)C(=O)Nc1cccc(CN2C(=O)CNC2=O)c1. The zero-order chi connectivity index (χ0) is 17.0. The van der Waals surface area contributed by atoms with Gasteiger partial charge in [-0.05, 0) is 31.0 Å². The Balaban J connectivity index is 2.07. The minimum absolute atomic E-state index is 0.0256. The fraction of sp³-hybridized carbons (Fsp3) is 0.438. The van der Waals surface area contributed by atoms with Crippen molar-refractivity contribution >= 4 is 23.5 Å². The van der Waals surface area contributed by atoms with Gasteiger partial charge in [-0.15, -0.1) is 0 Å². The van der Waals surface area contributed by atoms with Crippen LogP contribution in [0.3, 0.4) is 0 Å². The maximum Gasteiger partial charge on any atom is 0.324 e. The largest absolute Gasteiger partial charge is 0.329 e. The number of urea groups is 1. The van der Waals surface area contributed by atoms with Crippen LogP contribution >= 0.6 is 0 Å². The van der Waals surface area contributed by atoms with Gasteiger partial charge in [-0.2, -0.15) is 0 Å². The Kier molecular flexibility index (Phi) is 5.00. The Morgan fingerprint density at radius 1 is 1.43 bits per heavy atom. The van der Waals surface area contributed by atoms with E-state index in [1.807, 2.05) is 6.92 Å². The van der Waals surface area contributed by atoms with Crippen molar-refractivity contribution in [1.82, 2.24) is 10.2 Å². The van der Waals surface area contributed by atoms with Gasteiger partial charge in [0.2, 0.25) is 11.8 Å². The average Bonchev–Trinajstić information content (AvgIpc) is 2.79. The van der Waals surface area contributed by atoms with Gasteiger partial charge in [0.15, 0.2) is 0 Å². The Morgan fingerprint density at radius 3 is 2.78 bits per heavy atom. The second-order valence-corrected chi connectivity index (χ2v) is 5.96. The molecule has 124 valence electrons. The molecule has 0 spiro atoms. The van der Waals surface area contributed by atoms with Crippen LogP contribution in [-0.2, 0) is 16.1 Å². The van der Waals surface area contributed by atoms with Crippen LogP contribution in [0.15, 0.2) is 24.3 Å². The molecule has 1 unspecified atom stereocenters. The van der Waals surface area contributed by atoms with Gasteiger partial charge in [-0.1, -0.05) is 25.5 Å². The van der Waals surface area contributed by atoms with E-state index in [1.165, 1.54) is 0 Å². The smallest absolute Gasteiger partial charge is 0.324 e. The third kappa shape index (κ3) is 4.07. The molecule has 1 saturated heterocycles. The Bertz CT molecular complexity index is 612. The van der Waals surface area contributed by atoms with E-state index >= 15 is 0 Å². The highest BCUT2D eigenvalue weighted by atomic mass is 16.2. The van der Waals surface area contributed by atoms with Gasteiger partial charge in [0.25, 0.3) is 0 Å². The molecule has 0 bridgehead atoms. The topological polar surface area (TPSA) is 105 Å². The summed E-state index contributed by atoms with van der Waals surface area (Å²) in [5.74, 6) is -0.520. The molecular formula is C16H22N4O3. The summed E-state index contributed by atoms with van der Waals surface area (Å²) in [7, 11) is 0. The summed E-state index contributed by atoms with van der Waals surface area (Å²) in [6, 6.07) is 6.63. The minimum atomic E-state index is -0.935. The molecule has 4 amide bonds. The second kappa shape index (κ2) is 6.78. The molecule has 0 aromatic heterocycles. The summed E-state index contributed by atoms with van der Waals surface area (Å²) in [5.41, 5.74) is 6.41. The molecule has 1 fully saturated rings. The van der Waals surface area contributed by atoms with Crippen LogP contribution < -0.4 is 16.4 Å². The molecule has 0 radical (unpaired) electrons. The molecule has 1 aliphatic rings. The van der Waals surface area contributed by atoms with Crippen molar-refractivity contribution in [2.24, 2.45) is 5.73 Å². The summed E-state index contributed by atoms with van der Waals surface area (Å²) in [6.45, 7) is 3.86. The van der Waals surface area contributed by atoms with E-state index in [-0.39, 0.29) is 24.9 Å². The quantitative estimate of drug-likeness (QED) is 0.685. The van der Waals surface area contributed by atoms with Crippen molar-refractivity contribution < 1.29 is 14.4 Å². The van der Waals surface area contributed by atoms with E-state index in [1.54, 1.807) is 31.2 Å². The third-order valence-electron chi connectivity index (χ3n) is 3.75. The Hall–Kier alpha value is -2.41. The van der Waals surface area contributed by atoms with E-state index in [4.69, 9.17) is 5.73 Å². The molecule has 23 heavy (non-hydrogen) atoms. The molecule has 1 heterocycles. The van der Waals surface area contributed by atoms with Crippen LogP contribution in [0.4, 0.5) is 10.5 Å². The van der Waals surface area contributed by atoms with E-state index in [9.17, 15) is 14.4 Å². The molecule has 0 saturated carbocycles. The number of carbonyl (C=O) groups is 3. The number of imide groups is 1. The molecule has 7 nitrogen and oxygen atoms in total. The van der Waals surface area contributed by atoms with Gasteiger partial charge in [-0.25, -0.2) is 4.79 Å². The van der Waals surface area contributed by atoms with Gasteiger partial charge in [0.1, 0.15) is 0 Å². The van der Waals surface area contributed by atoms with E-state index in [0.717, 1.165) is 16.9 Å². The summed E-state index contributed by atoms with van der Waals surface area (Å²) >= 11 is 0. The number of hydrogen-bond donors (Lipinski definition) is 3. The lowest BCUT2D eigenvalue weighted by Crippen LogP contribution is -2.48. The fourth-order valence-electron chi connectivity index (χ4n) is 2.45. The number of nitrogens with two attached hydrogens (primary N) is 1. The monoisotopic (exact) mass is 318 g/mol. The van der Waals surface area contributed by atoms with Crippen LogP contribution in [0.25, 0.3) is 0 Å². The van der Waals surface area contributed by atoms with Crippen LogP contribution in [0.1, 0.15) is 32.3 Å². The van der Waals surface area contributed by atoms with Crippen molar-refractivity contribution in [2.75, 3.05) is 11.9 Å². The average molecular weight is 318 g/mol. The molecule has 0 aliphatic carbocycles. The van der Waals surface area contributed by atoms with Crippen LogP contribution in [0.2, 0.25) is 0 Å². The van der Waals surface area contributed by atoms with Crippen molar-refractivity contribution in [2.45, 2.75) is 38.8 Å². The molecule has 1 aliphatic heterocycles. The number of amides is 4.